The average molecular weight is 659 g/mol. The Morgan fingerprint density at radius 1 is 0.878 bits per heavy atom. The second-order valence-corrected chi connectivity index (χ2v) is 13.3. The minimum Gasteiger partial charge on any atom is -0.352 e. The van der Waals surface area contributed by atoms with Crippen molar-refractivity contribution in [3.8, 4) is 0 Å². The minimum atomic E-state index is -3.96. The Bertz CT molecular complexity index is 1470. The van der Waals surface area contributed by atoms with Crippen molar-refractivity contribution >= 4 is 73.9 Å². The van der Waals surface area contributed by atoms with Crippen molar-refractivity contribution in [3.05, 3.63) is 97.9 Å². The van der Waals surface area contributed by atoms with Crippen molar-refractivity contribution in [1.82, 2.24) is 10.2 Å². The van der Waals surface area contributed by atoms with Crippen LogP contribution in [0, 0.1) is 0 Å². The van der Waals surface area contributed by atoms with E-state index in [2.05, 4.69) is 5.32 Å². The molecule has 7 nitrogen and oxygen atoms in total. The van der Waals surface area contributed by atoms with E-state index < -0.39 is 28.5 Å². The van der Waals surface area contributed by atoms with Gasteiger partial charge in [0.25, 0.3) is 0 Å². The van der Waals surface area contributed by atoms with Crippen LogP contribution in [0.3, 0.4) is 0 Å². The monoisotopic (exact) mass is 657 g/mol. The Labute approximate surface area is 261 Å². The smallest absolute Gasteiger partial charge is 0.244 e. The lowest BCUT2D eigenvalue weighted by Crippen LogP contribution is -2.54. The molecule has 0 aromatic heterocycles. The third-order valence-electron chi connectivity index (χ3n) is 6.42. The number of nitrogens with zero attached hydrogens (tertiary/aromatic N) is 2. The van der Waals surface area contributed by atoms with Crippen LogP contribution in [0.15, 0.2) is 66.7 Å². The van der Waals surface area contributed by atoms with E-state index in [0.717, 1.165) is 16.1 Å². The molecule has 0 bridgehead atoms. The molecule has 2 atom stereocenters. The number of nitrogens with one attached hydrogen (secondary N) is 1. The molecule has 2 amide bonds. The molecule has 41 heavy (non-hydrogen) atoms. The number of halogens is 4. The van der Waals surface area contributed by atoms with E-state index in [9.17, 15) is 18.0 Å². The normalized spacial score (nSPS) is 12.9. The van der Waals surface area contributed by atoms with Crippen molar-refractivity contribution in [3.63, 3.8) is 0 Å². The summed E-state index contributed by atoms with van der Waals surface area (Å²) in [7, 11) is -3.96. The van der Waals surface area contributed by atoms with Crippen molar-refractivity contribution in [1.29, 1.82) is 0 Å². The number of carbonyl (C=O) groups excluding carboxylic acids is 2. The summed E-state index contributed by atoms with van der Waals surface area (Å²) >= 11 is 24.7. The zero-order chi connectivity index (χ0) is 30.3. The molecule has 0 fully saturated rings. The molecule has 0 aliphatic heterocycles. The first-order chi connectivity index (χ1) is 19.3. The fourth-order valence-corrected chi connectivity index (χ4v) is 5.80. The van der Waals surface area contributed by atoms with E-state index in [1.807, 2.05) is 44.2 Å². The van der Waals surface area contributed by atoms with Crippen molar-refractivity contribution < 1.29 is 18.0 Å². The third kappa shape index (κ3) is 9.51. The van der Waals surface area contributed by atoms with Crippen LogP contribution in [0.2, 0.25) is 20.1 Å². The quantitative estimate of drug-likeness (QED) is 0.237. The molecule has 0 saturated heterocycles. The number of sulfonamides is 1. The molecular formula is C29H31Cl4N3O4S. The van der Waals surface area contributed by atoms with Gasteiger partial charge in [-0.05, 0) is 54.8 Å². The number of hydrogen-bond acceptors (Lipinski definition) is 4. The van der Waals surface area contributed by atoms with Gasteiger partial charge in [-0.1, -0.05) is 89.7 Å². The van der Waals surface area contributed by atoms with E-state index in [4.69, 9.17) is 46.4 Å². The third-order valence-corrected chi connectivity index (χ3v) is 8.74. The highest BCUT2D eigenvalue weighted by molar-refractivity contribution is 7.92. The SMILES string of the molecule is CC[C@H](C)NC(=O)[C@@H](Cc1ccccc1)N(Cc1ccc(Cl)c(Cl)c1)C(=O)CN(c1cc(Cl)cc(Cl)c1)S(C)(=O)=O. The molecule has 0 aliphatic carbocycles. The van der Waals surface area contributed by atoms with Crippen molar-refractivity contribution in [2.75, 3.05) is 17.1 Å². The number of hydrogen-bond donors (Lipinski definition) is 1. The maximum atomic E-state index is 14.1. The molecule has 0 radical (unpaired) electrons. The molecule has 1 N–H and O–H groups in total. The number of benzene rings is 3. The lowest BCUT2D eigenvalue weighted by atomic mass is 10.0. The Morgan fingerprint density at radius 3 is 2.07 bits per heavy atom. The number of anilines is 1. The molecular weight excluding hydrogens is 628 g/mol. The average Bonchev–Trinajstić information content (AvgIpc) is 2.90. The Kier molecular flexibility index (Phi) is 11.8. The van der Waals surface area contributed by atoms with Crippen LogP contribution in [-0.2, 0) is 32.6 Å². The molecule has 220 valence electrons. The molecule has 3 aromatic carbocycles. The summed E-state index contributed by atoms with van der Waals surface area (Å²) < 4.78 is 26.7. The molecule has 3 rings (SSSR count). The lowest BCUT2D eigenvalue weighted by Gasteiger charge is -2.34. The first-order valence-electron chi connectivity index (χ1n) is 12.8. The van der Waals surface area contributed by atoms with E-state index in [1.54, 1.807) is 18.2 Å². The molecule has 0 unspecified atom stereocenters. The predicted octanol–water partition coefficient (Wildman–Crippen LogP) is 6.62. The van der Waals surface area contributed by atoms with Crippen LogP contribution in [0.1, 0.15) is 31.4 Å². The van der Waals surface area contributed by atoms with Gasteiger partial charge < -0.3 is 10.2 Å². The van der Waals surface area contributed by atoms with Gasteiger partial charge in [-0.3, -0.25) is 13.9 Å². The summed E-state index contributed by atoms with van der Waals surface area (Å²) in [5.41, 5.74) is 1.56. The number of rotatable bonds is 12. The highest BCUT2D eigenvalue weighted by Crippen LogP contribution is 2.28. The van der Waals surface area contributed by atoms with Gasteiger partial charge in [0.1, 0.15) is 12.6 Å². The molecule has 0 aliphatic rings. The molecule has 0 spiro atoms. The van der Waals surface area contributed by atoms with Gasteiger partial charge in [-0.15, -0.1) is 0 Å². The fraction of sp³-hybridized carbons (Fsp3) is 0.310. The molecule has 0 saturated carbocycles. The highest BCUT2D eigenvalue weighted by atomic mass is 35.5. The Balaban J connectivity index is 2.10. The topological polar surface area (TPSA) is 86.8 Å². The predicted molar refractivity (Wildman–Crippen MR) is 167 cm³/mol. The first-order valence-corrected chi connectivity index (χ1v) is 16.2. The van der Waals surface area contributed by atoms with Crippen LogP contribution in [0.5, 0.6) is 0 Å². The Morgan fingerprint density at radius 2 is 1.51 bits per heavy atom. The fourth-order valence-electron chi connectivity index (χ4n) is 4.13. The minimum absolute atomic E-state index is 0.0327. The zero-order valence-electron chi connectivity index (χ0n) is 22.8. The van der Waals surface area contributed by atoms with Gasteiger partial charge in [0.05, 0.1) is 22.0 Å². The summed E-state index contributed by atoms with van der Waals surface area (Å²) in [4.78, 5) is 29.2. The van der Waals surface area contributed by atoms with Crippen LogP contribution in [0.4, 0.5) is 5.69 Å². The highest BCUT2D eigenvalue weighted by Gasteiger charge is 2.33. The lowest BCUT2D eigenvalue weighted by molar-refractivity contribution is -0.140. The van der Waals surface area contributed by atoms with E-state index in [1.165, 1.54) is 23.1 Å². The van der Waals surface area contributed by atoms with Gasteiger partial charge >= 0.3 is 0 Å². The van der Waals surface area contributed by atoms with Gasteiger partial charge in [-0.2, -0.15) is 0 Å². The van der Waals surface area contributed by atoms with E-state index in [0.29, 0.717) is 17.0 Å². The summed E-state index contributed by atoms with van der Waals surface area (Å²) in [6.07, 6.45) is 1.86. The van der Waals surface area contributed by atoms with Crippen LogP contribution >= 0.6 is 46.4 Å². The Hall–Kier alpha value is -2.49. The summed E-state index contributed by atoms with van der Waals surface area (Å²) in [6.45, 7) is 3.18. The largest absolute Gasteiger partial charge is 0.352 e. The number of amides is 2. The summed E-state index contributed by atoms with van der Waals surface area (Å²) in [6, 6.07) is 17.3. The standard InChI is InChI=1S/C29H31Cl4N3O4S/c1-4-19(2)34-29(38)27(13-20-8-6-5-7-9-20)35(17-21-10-11-25(32)26(33)12-21)28(37)18-36(41(3,39)40)24-15-22(30)14-23(31)16-24/h5-12,14-16,19,27H,4,13,17-18H2,1-3H3,(H,34,38)/t19-,27+/m0/s1. The summed E-state index contributed by atoms with van der Waals surface area (Å²) in [5, 5.41) is 4.01. The molecule has 0 heterocycles. The second-order valence-electron chi connectivity index (χ2n) is 9.69. The maximum Gasteiger partial charge on any atom is 0.244 e. The van der Waals surface area contributed by atoms with E-state index >= 15 is 0 Å². The molecule has 3 aromatic rings. The van der Waals surface area contributed by atoms with Crippen LogP contribution in [-0.4, -0.2) is 50.0 Å². The maximum absolute atomic E-state index is 14.1. The van der Waals surface area contributed by atoms with Crippen LogP contribution in [0.25, 0.3) is 0 Å². The molecule has 12 heteroatoms. The second kappa shape index (κ2) is 14.6. The van der Waals surface area contributed by atoms with E-state index in [-0.39, 0.29) is 45.7 Å². The number of carbonyl (C=O) groups is 2. The summed E-state index contributed by atoms with van der Waals surface area (Å²) in [5.74, 6) is -0.980. The van der Waals surface area contributed by atoms with Gasteiger partial charge in [-0.25, -0.2) is 8.42 Å². The van der Waals surface area contributed by atoms with Gasteiger partial charge in [0.2, 0.25) is 21.8 Å². The van der Waals surface area contributed by atoms with Crippen molar-refractivity contribution in [2.24, 2.45) is 0 Å². The van der Waals surface area contributed by atoms with Crippen LogP contribution < -0.4 is 9.62 Å². The van der Waals surface area contributed by atoms with Crippen molar-refractivity contribution in [2.45, 2.75) is 45.3 Å². The van der Waals surface area contributed by atoms with Gasteiger partial charge in [0.15, 0.2) is 0 Å². The first kappa shape index (κ1) is 33.0. The zero-order valence-corrected chi connectivity index (χ0v) is 26.6. The van der Waals surface area contributed by atoms with Gasteiger partial charge in [0, 0.05) is 29.1 Å².